The summed E-state index contributed by atoms with van der Waals surface area (Å²) in [5, 5.41) is 10.1. The molecule has 1 fully saturated rings. The van der Waals surface area contributed by atoms with E-state index in [0.29, 0.717) is 13.1 Å². The van der Waals surface area contributed by atoms with Crippen molar-refractivity contribution in [3.63, 3.8) is 0 Å². The number of ether oxygens (including phenoxy) is 1. The molecule has 0 amide bonds. The summed E-state index contributed by atoms with van der Waals surface area (Å²) in [6.45, 7) is 4.54. The molecule has 1 aliphatic heterocycles. The lowest BCUT2D eigenvalue weighted by molar-refractivity contribution is 0.0143. The molecule has 0 spiro atoms. The highest BCUT2D eigenvalue weighted by Gasteiger charge is 2.15. The van der Waals surface area contributed by atoms with E-state index >= 15 is 0 Å². The minimum Gasteiger partial charge on any atom is -0.387 e. The number of nitrogens with zero attached hydrogens (tertiary/aromatic N) is 1. The number of morpholine rings is 1. The predicted molar refractivity (Wildman–Crippen MR) is 66.6 cm³/mol. The van der Waals surface area contributed by atoms with E-state index in [4.69, 9.17) is 10.5 Å². The van der Waals surface area contributed by atoms with Gasteiger partial charge in [-0.1, -0.05) is 24.3 Å². The van der Waals surface area contributed by atoms with Gasteiger partial charge >= 0.3 is 0 Å². The molecule has 0 saturated carbocycles. The average molecular weight is 236 g/mol. The number of aliphatic hydroxyl groups excluding tert-OH is 1. The van der Waals surface area contributed by atoms with Gasteiger partial charge in [0.05, 0.1) is 19.3 Å². The molecular formula is C13H20N2O2. The summed E-state index contributed by atoms with van der Waals surface area (Å²) in [4.78, 5) is 2.23. The van der Waals surface area contributed by atoms with Crippen LogP contribution in [0.5, 0.6) is 0 Å². The van der Waals surface area contributed by atoms with Crippen molar-refractivity contribution >= 4 is 0 Å². The maximum absolute atomic E-state index is 10.1. The summed E-state index contributed by atoms with van der Waals surface area (Å²) < 4.78 is 5.28. The number of rotatable bonds is 4. The summed E-state index contributed by atoms with van der Waals surface area (Å²) in [6.07, 6.45) is -0.431. The van der Waals surface area contributed by atoms with Gasteiger partial charge in [0, 0.05) is 26.2 Å². The Bertz CT molecular complexity index is 334. The second kappa shape index (κ2) is 6.12. The lowest BCUT2D eigenvalue weighted by atomic mass is 10.1. The number of benzene rings is 1. The highest BCUT2D eigenvalue weighted by Crippen LogP contribution is 2.15. The third-order valence-corrected chi connectivity index (χ3v) is 3.14. The minimum atomic E-state index is -0.431. The van der Waals surface area contributed by atoms with Crippen molar-refractivity contribution in [2.75, 3.05) is 32.8 Å². The maximum Gasteiger partial charge on any atom is 0.0916 e. The summed E-state index contributed by atoms with van der Waals surface area (Å²) in [7, 11) is 0. The van der Waals surface area contributed by atoms with Gasteiger partial charge in [-0.15, -0.1) is 0 Å². The van der Waals surface area contributed by atoms with Crippen LogP contribution in [0.2, 0.25) is 0 Å². The Morgan fingerprint density at radius 3 is 2.47 bits per heavy atom. The molecule has 1 unspecified atom stereocenters. The van der Waals surface area contributed by atoms with Gasteiger partial charge in [0.25, 0.3) is 0 Å². The number of nitrogens with two attached hydrogens (primary N) is 1. The molecule has 1 saturated heterocycles. The summed E-state index contributed by atoms with van der Waals surface area (Å²) in [5.41, 5.74) is 7.58. The topological polar surface area (TPSA) is 58.7 Å². The molecule has 1 aliphatic rings. The second-order valence-corrected chi connectivity index (χ2v) is 4.37. The fourth-order valence-electron chi connectivity index (χ4n) is 2.01. The monoisotopic (exact) mass is 236 g/mol. The first kappa shape index (κ1) is 12.5. The standard InChI is InChI=1S/C13H20N2O2/c14-9-11-1-3-12(4-2-11)13(16)10-15-5-7-17-8-6-15/h1-4,13,16H,5-10,14H2. The number of β-amino-alcohol motifs (C(OH)–C–C–N with tert-alkyl or cyclic N) is 1. The first-order chi connectivity index (χ1) is 8.29. The Morgan fingerprint density at radius 2 is 1.88 bits per heavy atom. The van der Waals surface area contributed by atoms with Crippen LogP contribution >= 0.6 is 0 Å². The third kappa shape index (κ3) is 3.51. The summed E-state index contributed by atoms with van der Waals surface area (Å²) in [5.74, 6) is 0. The van der Waals surface area contributed by atoms with Gasteiger partial charge in [0.1, 0.15) is 0 Å². The van der Waals surface area contributed by atoms with Gasteiger partial charge in [-0.2, -0.15) is 0 Å². The van der Waals surface area contributed by atoms with Crippen molar-refractivity contribution in [3.05, 3.63) is 35.4 Å². The van der Waals surface area contributed by atoms with E-state index in [1.807, 2.05) is 24.3 Å². The van der Waals surface area contributed by atoms with Crippen LogP contribution < -0.4 is 5.73 Å². The molecule has 0 radical (unpaired) electrons. The van der Waals surface area contributed by atoms with Gasteiger partial charge in [0.2, 0.25) is 0 Å². The zero-order valence-corrected chi connectivity index (χ0v) is 10.0. The summed E-state index contributed by atoms with van der Waals surface area (Å²) >= 11 is 0. The first-order valence-electron chi connectivity index (χ1n) is 6.06. The minimum absolute atomic E-state index is 0.431. The van der Waals surface area contributed by atoms with Crippen LogP contribution in [0, 0.1) is 0 Å². The molecule has 1 heterocycles. The molecule has 2 rings (SSSR count). The van der Waals surface area contributed by atoms with Gasteiger partial charge < -0.3 is 15.6 Å². The fourth-order valence-corrected chi connectivity index (χ4v) is 2.01. The molecule has 0 aromatic heterocycles. The van der Waals surface area contributed by atoms with Gasteiger partial charge in [-0.05, 0) is 11.1 Å². The van der Waals surface area contributed by atoms with Gasteiger partial charge in [-0.25, -0.2) is 0 Å². The Labute approximate surface area is 102 Å². The molecular weight excluding hydrogens is 216 g/mol. The maximum atomic E-state index is 10.1. The van der Waals surface area contributed by atoms with Crippen molar-refractivity contribution in [1.82, 2.24) is 4.90 Å². The lowest BCUT2D eigenvalue weighted by Crippen LogP contribution is -2.38. The van der Waals surface area contributed by atoms with Crippen molar-refractivity contribution < 1.29 is 9.84 Å². The van der Waals surface area contributed by atoms with Crippen LogP contribution in [0.4, 0.5) is 0 Å². The van der Waals surface area contributed by atoms with E-state index in [2.05, 4.69) is 4.90 Å². The smallest absolute Gasteiger partial charge is 0.0916 e. The zero-order chi connectivity index (χ0) is 12.1. The van der Waals surface area contributed by atoms with E-state index < -0.39 is 6.10 Å². The largest absolute Gasteiger partial charge is 0.387 e. The molecule has 0 bridgehead atoms. The van der Waals surface area contributed by atoms with E-state index in [0.717, 1.165) is 37.4 Å². The second-order valence-electron chi connectivity index (χ2n) is 4.37. The molecule has 1 atom stereocenters. The number of hydrogen-bond acceptors (Lipinski definition) is 4. The normalized spacial score (nSPS) is 19.2. The van der Waals surface area contributed by atoms with Crippen LogP contribution in [0.15, 0.2) is 24.3 Å². The zero-order valence-electron chi connectivity index (χ0n) is 10.0. The lowest BCUT2D eigenvalue weighted by Gasteiger charge is -2.28. The van der Waals surface area contributed by atoms with Crippen molar-refractivity contribution in [1.29, 1.82) is 0 Å². The quantitative estimate of drug-likeness (QED) is 0.800. The van der Waals surface area contributed by atoms with Crippen LogP contribution in [0.3, 0.4) is 0 Å². The SMILES string of the molecule is NCc1ccc(C(O)CN2CCOCC2)cc1. The Morgan fingerprint density at radius 1 is 1.24 bits per heavy atom. The van der Waals surface area contributed by atoms with E-state index in [1.165, 1.54) is 0 Å². The molecule has 1 aromatic carbocycles. The third-order valence-electron chi connectivity index (χ3n) is 3.14. The molecule has 94 valence electrons. The first-order valence-corrected chi connectivity index (χ1v) is 6.06. The van der Waals surface area contributed by atoms with Crippen LogP contribution in [0.25, 0.3) is 0 Å². The summed E-state index contributed by atoms with van der Waals surface area (Å²) in [6, 6.07) is 7.84. The number of hydrogen-bond donors (Lipinski definition) is 2. The van der Waals surface area contributed by atoms with E-state index in [-0.39, 0.29) is 0 Å². The number of aliphatic hydroxyl groups is 1. The van der Waals surface area contributed by atoms with Crippen LogP contribution in [-0.2, 0) is 11.3 Å². The Balaban J connectivity index is 1.91. The Hall–Kier alpha value is -0.940. The van der Waals surface area contributed by atoms with Crippen molar-refractivity contribution in [3.8, 4) is 0 Å². The highest BCUT2D eigenvalue weighted by molar-refractivity contribution is 5.24. The van der Waals surface area contributed by atoms with Gasteiger partial charge in [-0.3, -0.25) is 4.90 Å². The van der Waals surface area contributed by atoms with Crippen LogP contribution in [-0.4, -0.2) is 42.9 Å². The van der Waals surface area contributed by atoms with Crippen LogP contribution in [0.1, 0.15) is 17.2 Å². The molecule has 17 heavy (non-hydrogen) atoms. The van der Waals surface area contributed by atoms with E-state index in [9.17, 15) is 5.11 Å². The molecule has 1 aromatic rings. The predicted octanol–water partition coefficient (Wildman–Crippen LogP) is 0.511. The molecule has 0 aliphatic carbocycles. The highest BCUT2D eigenvalue weighted by atomic mass is 16.5. The molecule has 4 nitrogen and oxygen atoms in total. The average Bonchev–Trinajstić information content (AvgIpc) is 2.40. The van der Waals surface area contributed by atoms with Crippen molar-refractivity contribution in [2.24, 2.45) is 5.73 Å². The Kier molecular flexibility index (Phi) is 4.50. The fraction of sp³-hybridized carbons (Fsp3) is 0.538. The van der Waals surface area contributed by atoms with E-state index in [1.54, 1.807) is 0 Å². The molecule has 3 N–H and O–H groups in total. The van der Waals surface area contributed by atoms with Crippen molar-refractivity contribution in [2.45, 2.75) is 12.6 Å². The van der Waals surface area contributed by atoms with Gasteiger partial charge in [0.15, 0.2) is 0 Å². The molecule has 4 heteroatoms.